The van der Waals surface area contributed by atoms with Crippen LogP contribution in [-0.4, -0.2) is 65.2 Å². The van der Waals surface area contributed by atoms with E-state index in [0.29, 0.717) is 32.8 Å². The average molecular weight is 491 g/mol. The van der Waals surface area contributed by atoms with Crippen molar-refractivity contribution in [3.05, 3.63) is 54.9 Å². The Balaban J connectivity index is 1.26. The number of ether oxygens (including phenoxy) is 2. The summed E-state index contributed by atoms with van der Waals surface area (Å²) in [6.07, 6.45) is 1.59. The second-order valence-corrected chi connectivity index (χ2v) is 8.77. The maximum atomic E-state index is 12.8. The number of piperazine rings is 1. The molecular weight excluding hydrogens is 464 g/mol. The van der Waals surface area contributed by atoms with Crippen LogP contribution in [0.15, 0.2) is 54.9 Å². The molecule has 9 nitrogen and oxygen atoms in total. The number of carbonyl (C=O) groups is 1. The topological polar surface area (TPSA) is 92.7 Å². The number of amides is 2. The molecular formula is C25H26N6O3S. The van der Waals surface area contributed by atoms with E-state index in [9.17, 15) is 4.79 Å². The van der Waals surface area contributed by atoms with Crippen LogP contribution in [0.2, 0.25) is 0 Å². The molecule has 1 N–H and O–H groups in total. The molecule has 0 saturated carbocycles. The quantitative estimate of drug-likeness (QED) is 0.425. The van der Waals surface area contributed by atoms with Crippen molar-refractivity contribution in [3.8, 4) is 22.8 Å². The fraction of sp³-hybridized carbons (Fsp3) is 0.280. The number of anilines is 2. The highest BCUT2D eigenvalue weighted by molar-refractivity contribution is 7.14. The molecule has 1 aliphatic heterocycles. The molecule has 0 unspecified atom stereocenters. The molecule has 4 aromatic rings. The third kappa shape index (κ3) is 4.83. The van der Waals surface area contributed by atoms with Crippen LogP contribution in [0, 0.1) is 0 Å². The first kappa shape index (κ1) is 22.9. The Morgan fingerprint density at radius 1 is 1.00 bits per heavy atom. The standard InChI is InChI=1S/C25H26N6O3S/c1-3-34-20-10-6-18(7-11-20)28-25(32)31-14-12-30(13-15-31)24-23-22(26-16-27-24)21(29-35-23)17-4-8-19(33-2)9-5-17/h4-11,16H,3,12-15H2,1-2H3,(H,28,32). The Morgan fingerprint density at radius 2 is 1.71 bits per heavy atom. The van der Waals surface area contributed by atoms with Crippen molar-refractivity contribution in [1.82, 2.24) is 19.2 Å². The van der Waals surface area contributed by atoms with Crippen LogP contribution in [0.1, 0.15) is 6.92 Å². The molecule has 1 aliphatic rings. The summed E-state index contributed by atoms with van der Waals surface area (Å²) in [5, 5.41) is 2.97. The summed E-state index contributed by atoms with van der Waals surface area (Å²) in [7, 11) is 1.65. The lowest BCUT2D eigenvalue weighted by Crippen LogP contribution is -2.50. The number of fused-ring (bicyclic) bond motifs is 1. The average Bonchev–Trinajstić information content (AvgIpc) is 3.34. The van der Waals surface area contributed by atoms with Gasteiger partial charge in [-0.25, -0.2) is 14.8 Å². The minimum absolute atomic E-state index is 0.110. The van der Waals surface area contributed by atoms with Gasteiger partial charge in [-0.3, -0.25) is 0 Å². The summed E-state index contributed by atoms with van der Waals surface area (Å²) in [6.45, 7) is 5.10. The Hall–Kier alpha value is -3.92. The van der Waals surface area contributed by atoms with Crippen LogP contribution < -0.4 is 19.7 Å². The molecule has 180 valence electrons. The Labute approximate surface area is 207 Å². The van der Waals surface area contributed by atoms with Crippen LogP contribution in [0.5, 0.6) is 11.5 Å². The summed E-state index contributed by atoms with van der Waals surface area (Å²) in [4.78, 5) is 25.9. The first-order valence-electron chi connectivity index (χ1n) is 11.4. The van der Waals surface area contributed by atoms with Crippen LogP contribution in [0.25, 0.3) is 21.5 Å². The van der Waals surface area contributed by atoms with Gasteiger partial charge in [-0.05, 0) is 67.0 Å². The molecule has 0 radical (unpaired) electrons. The minimum Gasteiger partial charge on any atom is -0.497 e. The predicted octanol–water partition coefficient (Wildman–Crippen LogP) is 4.51. The number of nitrogens with zero attached hydrogens (tertiary/aromatic N) is 5. The van der Waals surface area contributed by atoms with Crippen molar-refractivity contribution in [3.63, 3.8) is 0 Å². The van der Waals surface area contributed by atoms with Gasteiger partial charge in [0.1, 0.15) is 33.7 Å². The number of benzene rings is 2. The third-order valence-corrected chi connectivity index (χ3v) is 6.72. The van der Waals surface area contributed by atoms with Gasteiger partial charge in [0.25, 0.3) is 0 Å². The summed E-state index contributed by atoms with van der Waals surface area (Å²) >= 11 is 1.40. The summed E-state index contributed by atoms with van der Waals surface area (Å²) in [6, 6.07) is 15.1. The molecule has 0 spiro atoms. The third-order valence-electron chi connectivity index (χ3n) is 5.88. The van der Waals surface area contributed by atoms with E-state index in [4.69, 9.17) is 9.47 Å². The van der Waals surface area contributed by atoms with Crippen molar-refractivity contribution in [1.29, 1.82) is 0 Å². The maximum absolute atomic E-state index is 12.8. The van der Waals surface area contributed by atoms with Gasteiger partial charge in [0, 0.05) is 37.4 Å². The van der Waals surface area contributed by atoms with Gasteiger partial charge in [0.2, 0.25) is 0 Å². The van der Waals surface area contributed by atoms with E-state index in [1.807, 2.05) is 60.4 Å². The van der Waals surface area contributed by atoms with Crippen molar-refractivity contribution < 1.29 is 14.3 Å². The number of carbonyl (C=O) groups excluding carboxylic acids is 1. The lowest BCUT2D eigenvalue weighted by Gasteiger charge is -2.35. The number of methoxy groups -OCH3 is 1. The summed E-state index contributed by atoms with van der Waals surface area (Å²) in [5.74, 6) is 2.44. The lowest BCUT2D eigenvalue weighted by molar-refractivity contribution is 0.208. The Kier molecular flexibility index (Phi) is 6.62. The van der Waals surface area contributed by atoms with E-state index in [-0.39, 0.29) is 6.03 Å². The molecule has 1 saturated heterocycles. The lowest BCUT2D eigenvalue weighted by atomic mass is 10.1. The van der Waals surface area contributed by atoms with E-state index in [1.165, 1.54) is 11.5 Å². The molecule has 3 heterocycles. The van der Waals surface area contributed by atoms with Gasteiger partial charge in [-0.2, -0.15) is 4.37 Å². The highest BCUT2D eigenvalue weighted by Crippen LogP contribution is 2.35. The van der Waals surface area contributed by atoms with E-state index in [2.05, 4.69) is 24.6 Å². The second-order valence-electron chi connectivity index (χ2n) is 8.00. The smallest absolute Gasteiger partial charge is 0.321 e. The normalized spacial score (nSPS) is 13.7. The zero-order valence-electron chi connectivity index (χ0n) is 19.6. The SMILES string of the molecule is CCOc1ccc(NC(=O)N2CCN(c3ncnc4c(-c5ccc(OC)cc5)nsc34)CC2)cc1. The van der Waals surface area contributed by atoms with Gasteiger partial charge >= 0.3 is 6.03 Å². The molecule has 2 aromatic carbocycles. The molecule has 10 heteroatoms. The van der Waals surface area contributed by atoms with Gasteiger partial charge < -0.3 is 24.6 Å². The number of hydrogen-bond donors (Lipinski definition) is 1. The minimum atomic E-state index is -0.110. The van der Waals surface area contributed by atoms with Gasteiger partial charge in [-0.15, -0.1) is 0 Å². The second kappa shape index (κ2) is 10.1. The van der Waals surface area contributed by atoms with E-state index in [0.717, 1.165) is 44.5 Å². The van der Waals surface area contributed by atoms with Crippen LogP contribution >= 0.6 is 11.5 Å². The van der Waals surface area contributed by atoms with E-state index in [1.54, 1.807) is 13.4 Å². The molecule has 2 amide bonds. The number of rotatable bonds is 6. The highest BCUT2D eigenvalue weighted by atomic mass is 32.1. The monoisotopic (exact) mass is 490 g/mol. The summed E-state index contributed by atoms with van der Waals surface area (Å²) in [5.41, 5.74) is 3.40. The molecule has 35 heavy (non-hydrogen) atoms. The Morgan fingerprint density at radius 3 is 2.40 bits per heavy atom. The van der Waals surface area contributed by atoms with Crippen LogP contribution in [0.3, 0.4) is 0 Å². The fourth-order valence-electron chi connectivity index (χ4n) is 4.04. The number of nitrogens with one attached hydrogen (secondary N) is 1. The zero-order chi connectivity index (χ0) is 24.2. The number of hydrogen-bond acceptors (Lipinski definition) is 8. The van der Waals surface area contributed by atoms with Gasteiger partial charge in [0.05, 0.1) is 13.7 Å². The van der Waals surface area contributed by atoms with Gasteiger partial charge in [0.15, 0.2) is 5.82 Å². The largest absolute Gasteiger partial charge is 0.497 e. The molecule has 0 atom stereocenters. The first-order valence-corrected chi connectivity index (χ1v) is 12.2. The zero-order valence-corrected chi connectivity index (χ0v) is 20.4. The molecule has 0 bridgehead atoms. The van der Waals surface area contributed by atoms with Crippen molar-refractivity contribution in [2.24, 2.45) is 0 Å². The Bertz CT molecular complexity index is 1300. The highest BCUT2D eigenvalue weighted by Gasteiger charge is 2.25. The van der Waals surface area contributed by atoms with Crippen LogP contribution in [0.4, 0.5) is 16.3 Å². The van der Waals surface area contributed by atoms with E-state index >= 15 is 0 Å². The maximum Gasteiger partial charge on any atom is 0.321 e. The van der Waals surface area contributed by atoms with Crippen molar-refractivity contribution in [2.75, 3.05) is 50.1 Å². The fourth-order valence-corrected chi connectivity index (χ4v) is 4.91. The van der Waals surface area contributed by atoms with E-state index < -0.39 is 0 Å². The summed E-state index contributed by atoms with van der Waals surface area (Å²) < 4.78 is 16.3. The first-order chi connectivity index (χ1) is 17.2. The molecule has 2 aromatic heterocycles. The predicted molar refractivity (Wildman–Crippen MR) is 138 cm³/mol. The molecule has 0 aliphatic carbocycles. The van der Waals surface area contributed by atoms with Gasteiger partial charge in [-0.1, -0.05) is 0 Å². The number of aromatic nitrogens is 3. The van der Waals surface area contributed by atoms with Crippen LogP contribution in [-0.2, 0) is 0 Å². The van der Waals surface area contributed by atoms with Crippen molar-refractivity contribution in [2.45, 2.75) is 6.92 Å². The molecule has 5 rings (SSSR count). The molecule has 1 fully saturated rings. The van der Waals surface area contributed by atoms with Crippen molar-refractivity contribution >= 4 is 39.3 Å². The number of urea groups is 1.